The second kappa shape index (κ2) is 8.98. The van der Waals surface area contributed by atoms with Crippen LogP contribution in [-0.2, 0) is 20.7 Å². The maximum Gasteiger partial charge on any atom is 0.573 e. The number of esters is 1. The van der Waals surface area contributed by atoms with Gasteiger partial charge in [0.05, 0.1) is 0 Å². The number of benzene rings is 3. The van der Waals surface area contributed by atoms with Crippen molar-refractivity contribution < 1.29 is 37.0 Å². The number of para-hydroxylation sites is 1. The monoisotopic (exact) mass is 483 g/mol. The number of cyclic esters (lactones) is 1. The van der Waals surface area contributed by atoms with Crippen LogP contribution in [0.1, 0.15) is 22.6 Å². The van der Waals surface area contributed by atoms with Gasteiger partial charge in [-0.3, -0.25) is 4.90 Å². The summed E-state index contributed by atoms with van der Waals surface area (Å²) in [5.74, 6) is -1.34. The van der Waals surface area contributed by atoms with Crippen LogP contribution in [-0.4, -0.2) is 42.7 Å². The molecule has 5 rings (SSSR count). The quantitative estimate of drug-likeness (QED) is 0.463. The highest BCUT2D eigenvalue weighted by molar-refractivity contribution is 5.84. The van der Waals surface area contributed by atoms with E-state index in [1.54, 1.807) is 0 Å². The fourth-order valence-corrected chi connectivity index (χ4v) is 4.60. The van der Waals surface area contributed by atoms with Gasteiger partial charge in [0.15, 0.2) is 6.73 Å². The van der Waals surface area contributed by atoms with Gasteiger partial charge >= 0.3 is 18.4 Å². The minimum Gasteiger partial charge on any atom is -0.448 e. The SMILES string of the molecule is O=C1OCN(C(=O)OCC2c3ccccc3-c3ccccc32)C1Cc1ccccc1OC(F)(F)F. The number of amides is 1. The van der Waals surface area contributed by atoms with Gasteiger partial charge in [0.25, 0.3) is 0 Å². The molecule has 35 heavy (non-hydrogen) atoms. The Bertz CT molecular complexity index is 1230. The Hall–Kier alpha value is -4.01. The van der Waals surface area contributed by atoms with Crippen molar-refractivity contribution >= 4 is 12.1 Å². The molecule has 3 aromatic carbocycles. The normalized spacial score (nSPS) is 17.1. The van der Waals surface area contributed by atoms with Crippen molar-refractivity contribution in [2.75, 3.05) is 13.3 Å². The van der Waals surface area contributed by atoms with Gasteiger partial charge in [-0.1, -0.05) is 66.7 Å². The smallest absolute Gasteiger partial charge is 0.448 e. The van der Waals surface area contributed by atoms with E-state index in [-0.39, 0.29) is 31.2 Å². The number of carbonyl (C=O) groups excluding carboxylic acids is 2. The van der Waals surface area contributed by atoms with Crippen LogP contribution in [0.15, 0.2) is 72.8 Å². The molecule has 0 bridgehead atoms. The third-order valence-corrected chi connectivity index (χ3v) is 6.18. The van der Waals surface area contributed by atoms with E-state index in [0.29, 0.717) is 0 Å². The Morgan fingerprint density at radius 3 is 2.20 bits per heavy atom. The van der Waals surface area contributed by atoms with E-state index in [4.69, 9.17) is 9.47 Å². The predicted molar refractivity (Wildman–Crippen MR) is 118 cm³/mol. The molecule has 1 fully saturated rings. The molecule has 0 radical (unpaired) electrons. The molecule has 1 aliphatic heterocycles. The molecular weight excluding hydrogens is 463 g/mol. The first-order valence-electron chi connectivity index (χ1n) is 10.9. The number of fused-ring (bicyclic) bond motifs is 3. The molecule has 180 valence electrons. The maximum atomic E-state index is 12.9. The van der Waals surface area contributed by atoms with Crippen LogP contribution in [0.25, 0.3) is 11.1 Å². The number of hydrogen-bond acceptors (Lipinski definition) is 5. The standard InChI is InChI=1S/C26H20F3NO5/c27-26(28,29)35-23-12-6-1-7-16(23)13-22-24(31)34-15-30(22)25(32)33-14-21-19-10-4-2-8-17(19)18-9-3-5-11-20(18)21/h1-12,21-22H,13-15H2. The fourth-order valence-electron chi connectivity index (χ4n) is 4.60. The van der Waals surface area contributed by atoms with E-state index in [2.05, 4.69) is 4.74 Å². The van der Waals surface area contributed by atoms with Gasteiger partial charge < -0.3 is 14.2 Å². The molecule has 0 aromatic heterocycles. The molecule has 1 unspecified atom stereocenters. The topological polar surface area (TPSA) is 65.1 Å². The predicted octanol–water partition coefficient (Wildman–Crippen LogP) is 5.26. The van der Waals surface area contributed by atoms with Crippen molar-refractivity contribution in [2.45, 2.75) is 24.7 Å². The van der Waals surface area contributed by atoms with Gasteiger partial charge in [-0.15, -0.1) is 13.2 Å². The molecule has 6 nitrogen and oxygen atoms in total. The molecule has 2 aliphatic rings. The molecule has 1 heterocycles. The van der Waals surface area contributed by atoms with Crippen molar-refractivity contribution in [3.8, 4) is 16.9 Å². The lowest BCUT2D eigenvalue weighted by atomic mass is 9.98. The van der Waals surface area contributed by atoms with Crippen LogP contribution in [0.4, 0.5) is 18.0 Å². The van der Waals surface area contributed by atoms with Crippen LogP contribution in [0.2, 0.25) is 0 Å². The van der Waals surface area contributed by atoms with Gasteiger partial charge in [0, 0.05) is 12.3 Å². The molecule has 0 N–H and O–H groups in total. The van der Waals surface area contributed by atoms with Crippen molar-refractivity contribution in [2.24, 2.45) is 0 Å². The zero-order chi connectivity index (χ0) is 24.6. The van der Waals surface area contributed by atoms with Gasteiger partial charge in [0.2, 0.25) is 0 Å². The summed E-state index contributed by atoms with van der Waals surface area (Å²) < 4.78 is 53.0. The average Bonchev–Trinajstić information content (AvgIpc) is 3.36. The van der Waals surface area contributed by atoms with Crippen LogP contribution in [0, 0.1) is 0 Å². The Balaban J connectivity index is 1.31. The Kier molecular flexibility index (Phi) is 5.84. The first-order chi connectivity index (χ1) is 16.8. The third-order valence-electron chi connectivity index (χ3n) is 6.18. The minimum atomic E-state index is -4.89. The molecule has 1 atom stereocenters. The van der Waals surface area contributed by atoms with Crippen LogP contribution < -0.4 is 4.74 Å². The van der Waals surface area contributed by atoms with E-state index in [0.717, 1.165) is 33.2 Å². The van der Waals surface area contributed by atoms with Gasteiger partial charge in [-0.25, -0.2) is 9.59 Å². The van der Waals surface area contributed by atoms with Gasteiger partial charge in [-0.2, -0.15) is 0 Å². The zero-order valence-corrected chi connectivity index (χ0v) is 18.3. The Labute approximate surface area is 198 Å². The number of nitrogens with zero attached hydrogens (tertiary/aromatic N) is 1. The lowest BCUT2D eigenvalue weighted by Gasteiger charge is -2.22. The lowest BCUT2D eigenvalue weighted by Crippen LogP contribution is -2.40. The first kappa shape index (κ1) is 22.8. The minimum absolute atomic E-state index is 0.0397. The summed E-state index contributed by atoms with van der Waals surface area (Å²) in [7, 11) is 0. The molecule has 0 spiro atoms. The summed E-state index contributed by atoms with van der Waals surface area (Å²) in [5.41, 5.74) is 4.33. The van der Waals surface area contributed by atoms with Crippen LogP contribution in [0.5, 0.6) is 5.75 Å². The van der Waals surface area contributed by atoms with Gasteiger partial charge in [-0.05, 0) is 33.9 Å². The number of rotatable bonds is 5. The van der Waals surface area contributed by atoms with Crippen LogP contribution >= 0.6 is 0 Å². The van der Waals surface area contributed by atoms with Crippen molar-refractivity contribution in [3.63, 3.8) is 0 Å². The number of ether oxygens (including phenoxy) is 3. The van der Waals surface area contributed by atoms with Crippen molar-refractivity contribution in [1.82, 2.24) is 4.90 Å². The summed E-state index contributed by atoms with van der Waals surface area (Å²) >= 11 is 0. The van der Waals surface area contributed by atoms with Crippen LogP contribution in [0.3, 0.4) is 0 Å². The van der Waals surface area contributed by atoms with E-state index >= 15 is 0 Å². The Morgan fingerprint density at radius 2 is 1.54 bits per heavy atom. The number of alkyl halides is 3. The highest BCUT2D eigenvalue weighted by Gasteiger charge is 2.41. The highest BCUT2D eigenvalue weighted by Crippen LogP contribution is 2.44. The molecule has 3 aromatic rings. The van der Waals surface area contributed by atoms with E-state index < -0.39 is 30.2 Å². The maximum absolute atomic E-state index is 12.9. The summed E-state index contributed by atoms with van der Waals surface area (Å²) in [4.78, 5) is 26.4. The molecule has 9 heteroatoms. The summed E-state index contributed by atoms with van der Waals surface area (Å²) in [6, 6.07) is 20.1. The van der Waals surface area contributed by atoms with Crippen molar-refractivity contribution in [1.29, 1.82) is 0 Å². The summed E-state index contributed by atoms with van der Waals surface area (Å²) in [6.45, 7) is -0.305. The fraction of sp³-hybridized carbons (Fsp3) is 0.231. The van der Waals surface area contributed by atoms with E-state index in [9.17, 15) is 22.8 Å². The molecule has 1 saturated heterocycles. The Morgan fingerprint density at radius 1 is 0.943 bits per heavy atom. The number of carbonyl (C=O) groups is 2. The van der Waals surface area contributed by atoms with E-state index in [1.807, 2.05) is 48.5 Å². The average molecular weight is 483 g/mol. The summed E-state index contributed by atoms with van der Waals surface area (Å²) in [6.07, 6.45) is -5.88. The summed E-state index contributed by atoms with van der Waals surface area (Å²) in [5, 5.41) is 0. The highest BCUT2D eigenvalue weighted by atomic mass is 19.4. The lowest BCUT2D eigenvalue weighted by molar-refractivity contribution is -0.274. The third kappa shape index (κ3) is 4.53. The number of halogens is 3. The molecule has 1 amide bonds. The van der Waals surface area contributed by atoms with Crippen molar-refractivity contribution in [3.05, 3.63) is 89.5 Å². The van der Waals surface area contributed by atoms with Gasteiger partial charge in [0.1, 0.15) is 18.4 Å². The second-order valence-corrected chi connectivity index (χ2v) is 8.24. The van der Waals surface area contributed by atoms with E-state index in [1.165, 1.54) is 18.2 Å². The zero-order valence-electron chi connectivity index (χ0n) is 18.3. The second-order valence-electron chi connectivity index (χ2n) is 8.24. The molecular formula is C26H20F3NO5. The number of hydrogen-bond donors (Lipinski definition) is 0. The molecule has 1 aliphatic carbocycles. The largest absolute Gasteiger partial charge is 0.573 e. The first-order valence-corrected chi connectivity index (χ1v) is 10.9. The molecule has 0 saturated carbocycles.